The molecule has 2 aliphatic carbocycles. The van der Waals surface area contributed by atoms with Crippen LogP contribution in [-0.4, -0.2) is 80.3 Å². The Morgan fingerprint density at radius 2 is 1.17 bits per heavy atom. The Hall–Kier alpha value is -1.91. The Balaban J connectivity index is 0.770. The summed E-state index contributed by atoms with van der Waals surface area (Å²) in [7, 11) is 0. The molecule has 10 aliphatic rings. The van der Waals surface area contributed by atoms with Gasteiger partial charge in [0, 0.05) is 36.5 Å². The molecule has 0 radical (unpaired) electrons. The average molecular weight is 759 g/mol. The van der Waals surface area contributed by atoms with Gasteiger partial charge in [0.25, 0.3) is 0 Å². The molecule has 11 rings (SSSR count). The summed E-state index contributed by atoms with van der Waals surface area (Å²) < 4.78 is 50.2. The Kier molecular flexibility index (Phi) is 9.89. The van der Waals surface area contributed by atoms with E-state index >= 15 is 0 Å². The molecule has 16 atom stereocenters. The summed E-state index contributed by atoms with van der Waals surface area (Å²) in [4.78, 5) is 37.6. The van der Waals surface area contributed by atoms with E-state index < -0.39 is 53.9 Å². The zero-order chi connectivity index (χ0) is 37.5. The lowest BCUT2D eigenvalue weighted by Gasteiger charge is -2.60. The highest BCUT2D eigenvalue weighted by molar-refractivity contribution is 5.92. The molecule has 54 heavy (non-hydrogen) atoms. The van der Waals surface area contributed by atoms with Crippen LogP contribution in [0.25, 0.3) is 0 Å². The lowest BCUT2D eigenvalue weighted by molar-refractivity contribution is -0.577. The zero-order valence-electron chi connectivity index (χ0n) is 32.5. The van der Waals surface area contributed by atoms with Gasteiger partial charge in [-0.3, -0.25) is 0 Å². The minimum Gasteiger partial charge on any atom is -0.490 e. The van der Waals surface area contributed by atoms with Crippen molar-refractivity contribution in [1.29, 1.82) is 0 Å². The molecule has 10 fully saturated rings. The lowest BCUT2D eigenvalue weighted by Crippen LogP contribution is -2.70. The van der Waals surface area contributed by atoms with Gasteiger partial charge in [0.1, 0.15) is 24.5 Å². The van der Waals surface area contributed by atoms with Crippen molar-refractivity contribution in [2.75, 3.05) is 26.4 Å². The number of ether oxygens (including phenoxy) is 8. The highest BCUT2D eigenvalue weighted by Crippen LogP contribution is 2.62. The quantitative estimate of drug-likeness (QED) is 0.143. The maximum atomic E-state index is 13.3. The molecular formula is C41H58O13. The number of hydrogen-bond donors (Lipinski definition) is 0. The standard InChI is InChI=1S/C41H58O13/c1-23-11-13-30-25(3)34(47-36-40(30)28(23)15-17-38(5,49-36)51-53-40)45-21-19-43-32-10-8-7-9-27(32)33(42)44-20-22-46-35-26(4)31-14-12-24(2)29-16-18-39(6)50-37(48-35)41(29,31)54-52-39/h7-10,23-26,28-31,34-37H,11-22H2,1-6H3/t23-,24-,25-,26-,28?,29?,30+,31+,34+,35+,36-,37-,38-,39-,40-,41-/m1/s1. The van der Waals surface area contributed by atoms with Crippen LogP contribution >= 0.6 is 0 Å². The summed E-state index contributed by atoms with van der Waals surface area (Å²) in [5.41, 5.74) is -0.957. The number of fused-ring (bicyclic) bond motifs is 4. The second kappa shape index (κ2) is 14.2. The van der Waals surface area contributed by atoms with E-state index in [1.54, 1.807) is 18.2 Å². The van der Waals surface area contributed by atoms with Crippen LogP contribution in [0.1, 0.15) is 103 Å². The third-order valence-corrected chi connectivity index (χ3v) is 14.5. The molecule has 8 aliphatic heterocycles. The van der Waals surface area contributed by atoms with Gasteiger partial charge in [-0.2, -0.15) is 0 Å². The number of benzene rings is 1. The van der Waals surface area contributed by atoms with E-state index in [1.165, 1.54) is 0 Å². The molecular weight excluding hydrogens is 700 g/mol. The molecule has 0 N–H and O–H groups in total. The largest absolute Gasteiger partial charge is 0.490 e. The van der Waals surface area contributed by atoms with Crippen molar-refractivity contribution in [1.82, 2.24) is 0 Å². The number of para-hydroxylation sites is 1. The van der Waals surface area contributed by atoms with E-state index in [2.05, 4.69) is 27.7 Å². The number of rotatable bonds is 10. The molecule has 4 bridgehead atoms. The topological polar surface area (TPSA) is 128 Å². The first kappa shape index (κ1) is 37.7. The van der Waals surface area contributed by atoms with E-state index in [4.69, 9.17) is 57.4 Å². The molecule has 1 aromatic rings. The second-order valence-electron chi connectivity index (χ2n) is 17.8. The van der Waals surface area contributed by atoms with Crippen molar-refractivity contribution in [3.8, 4) is 5.75 Å². The maximum absolute atomic E-state index is 13.3. The number of esters is 1. The van der Waals surface area contributed by atoms with E-state index in [-0.39, 0.29) is 56.0 Å². The first-order valence-electron chi connectivity index (χ1n) is 20.5. The van der Waals surface area contributed by atoms with Crippen LogP contribution < -0.4 is 4.74 Å². The van der Waals surface area contributed by atoms with Crippen LogP contribution in [0.2, 0.25) is 0 Å². The zero-order valence-corrected chi connectivity index (χ0v) is 32.5. The summed E-state index contributed by atoms with van der Waals surface area (Å²) in [5, 5.41) is 0. The highest BCUT2D eigenvalue weighted by atomic mass is 17.3. The van der Waals surface area contributed by atoms with Crippen LogP contribution in [0.3, 0.4) is 0 Å². The van der Waals surface area contributed by atoms with Crippen LogP contribution in [0, 0.1) is 47.3 Å². The molecule has 2 unspecified atom stereocenters. The fourth-order valence-corrected chi connectivity index (χ4v) is 11.6. The third-order valence-electron chi connectivity index (χ3n) is 14.5. The molecule has 0 amide bonds. The predicted molar refractivity (Wildman–Crippen MR) is 188 cm³/mol. The minimum atomic E-state index is -0.851. The van der Waals surface area contributed by atoms with Crippen LogP contribution in [0.15, 0.2) is 24.3 Å². The van der Waals surface area contributed by atoms with Gasteiger partial charge in [0.2, 0.25) is 11.6 Å². The average Bonchev–Trinajstić information content (AvgIpc) is 3.53. The van der Waals surface area contributed by atoms with Crippen molar-refractivity contribution < 1.29 is 62.2 Å². The van der Waals surface area contributed by atoms with Gasteiger partial charge in [-0.1, -0.05) is 39.8 Å². The van der Waals surface area contributed by atoms with E-state index in [0.717, 1.165) is 51.4 Å². The van der Waals surface area contributed by atoms with E-state index in [9.17, 15) is 4.79 Å². The summed E-state index contributed by atoms with van der Waals surface area (Å²) in [5.74, 6) is 0.196. The van der Waals surface area contributed by atoms with Crippen molar-refractivity contribution >= 4 is 5.97 Å². The summed E-state index contributed by atoms with van der Waals surface area (Å²) in [6.07, 6.45) is 5.48. The predicted octanol–water partition coefficient (Wildman–Crippen LogP) is 6.67. The Labute approximate surface area is 318 Å². The monoisotopic (exact) mass is 758 g/mol. The first-order valence-corrected chi connectivity index (χ1v) is 20.5. The molecule has 0 aromatic heterocycles. The van der Waals surface area contributed by atoms with Gasteiger partial charge < -0.3 is 37.9 Å². The minimum absolute atomic E-state index is 0.0322. The normalized spacial score (nSPS) is 48.9. The SMILES string of the molecule is C[C@H]1[C@@H](OCCOC(=O)c2ccccc2OCCO[C@H]2O[C@@H]3O[C@@]4(C)CCC5[C@H](C)CC[C@@H]([C@H]2C)[C@]53OO4)O[C@@H]2O[C@@]3(C)CCC4[C@H](C)CC[C@@H]1[C@]42OO3. The van der Waals surface area contributed by atoms with Crippen LogP contribution in [0.4, 0.5) is 0 Å². The summed E-state index contributed by atoms with van der Waals surface area (Å²) in [6, 6.07) is 7.06. The van der Waals surface area contributed by atoms with Crippen LogP contribution in [-0.2, 0) is 52.7 Å². The van der Waals surface area contributed by atoms with Crippen molar-refractivity contribution in [3.05, 3.63) is 29.8 Å². The molecule has 1 aromatic carbocycles. The van der Waals surface area contributed by atoms with E-state index in [1.807, 2.05) is 19.9 Å². The van der Waals surface area contributed by atoms with Gasteiger partial charge >= 0.3 is 5.97 Å². The Bertz CT molecular complexity index is 1540. The fourth-order valence-electron chi connectivity index (χ4n) is 11.6. The van der Waals surface area contributed by atoms with Gasteiger partial charge in [0.05, 0.1) is 13.2 Å². The van der Waals surface area contributed by atoms with Gasteiger partial charge in [0.15, 0.2) is 36.4 Å². The molecule has 8 saturated heterocycles. The number of carbonyl (C=O) groups is 1. The summed E-state index contributed by atoms with van der Waals surface area (Å²) in [6.45, 7) is 13.4. The first-order chi connectivity index (χ1) is 26.0. The van der Waals surface area contributed by atoms with Crippen molar-refractivity contribution in [2.45, 2.75) is 141 Å². The van der Waals surface area contributed by atoms with E-state index in [0.29, 0.717) is 29.1 Å². The van der Waals surface area contributed by atoms with Crippen LogP contribution in [0.5, 0.6) is 5.75 Å². The number of carbonyl (C=O) groups excluding carboxylic acids is 1. The fraction of sp³-hybridized carbons (Fsp3) is 0.829. The van der Waals surface area contributed by atoms with Gasteiger partial charge in [-0.25, -0.2) is 24.3 Å². The van der Waals surface area contributed by atoms with Gasteiger partial charge in [-0.05, 0) is 88.2 Å². The maximum Gasteiger partial charge on any atom is 0.342 e. The smallest absolute Gasteiger partial charge is 0.342 e. The van der Waals surface area contributed by atoms with Gasteiger partial charge in [-0.15, -0.1) is 0 Å². The molecule has 8 heterocycles. The highest BCUT2D eigenvalue weighted by Gasteiger charge is 2.71. The Morgan fingerprint density at radius 3 is 1.72 bits per heavy atom. The number of hydrogen-bond acceptors (Lipinski definition) is 13. The molecule has 2 saturated carbocycles. The summed E-state index contributed by atoms with van der Waals surface area (Å²) >= 11 is 0. The van der Waals surface area contributed by atoms with Crippen molar-refractivity contribution in [3.63, 3.8) is 0 Å². The lowest BCUT2D eigenvalue weighted by atomic mass is 9.58. The molecule has 13 nitrogen and oxygen atoms in total. The molecule has 13 heteroatoms. The second-order valence-corrected chi connectivity index (χ2v) is 17.8. The molecule has 300 valence electrons. The van der Waals surface area contributed by atoms with Crippen molar-refractivity contribution in [2.24, 2.45) is 47.3 Å². The Morgan fingerprint density at radius 1 is 0.648 bits per heavy atom. The third kappa shape index (κ3) is 6.06. The molecule has 2 spiro atoms.